The molecule has 126 valence electrons. The van der Waals surface area contributed by atoms with Gasteiger partial charge in [-0.2, -0.15) is 8.42 Å². The van der Waals surface area contributed by atoms with Crippen molar-refractivity contribution in [3.05, 3.63) is 54.3 Å². The lowest BCUT2D eigenvalue weighted by Crippen LogP contribution is -2.29. The summed E-state index contributed by atoms with van der Waals surface area (Å²) in [5.74, 6) is -0.457. The van der Waals surface area contributed by atoms with Crippen LogP contribution in [0.2, 0.25) is 0 Å². The van der Waals surface area contributed by atoms with Crippen LogP contribution in [0.5, 0.6) is 5.75 Å². The molecule has 6 nitrogen and oxygen atoms in total. The summed E-state index contributed by atoms with van der Waals surface area (Å²) in [6, 6.07) is 10.4. The summed E-state index contributed by atoms with van der Waals surface area (Å²) in [5.41, 5.74) is 0.616. The highest BCUT2D eigenvalue weighted by Crippen LogP contribution is 2.24. The smallest absolute Gasteiger partial charge is 0.339 e. The van der Waals surface area contributed by atoms with E-state index in [1.807, 2.05) is 0 Å². The monoisotopic (exact) mass is 350 g/mol. The fraction of sp³-hybridized carbons (Fsp3) is 0.188. The van der Waals surface area contributed by atoms with Crippen LogP contribution in [-0.2, 0) is 10.1 Å². The average molecular weight is 350 g/mol. The third-order valence-electron chi connectivity index (χ3n) is 3.67. The molecule has 24 heavy (non-hydrogen) atoms. The molecule has 0 unspecified atom stereocenters. The van der Waals surface area contributed by atoms with Gasteiger partial charge in [0.1, 0.15) is 16.5 Å². The molecule has 0 aliphatic carbocycles. The van der Waals surface area contributed by atoms with E-state index in [4.69, 9.17) is 4.18 Å². The molecule has 0 radical (unpaired) electrons. The van der Waals surface area contributed by atoms with Crippen LogP contribution in [0.25, 0.3) is 0 Å². The number of benzene rings is 2. The number of nitrogens with zero attached hydrogens (tertiary/aromatic N) is 2. The van der Waals surface area contributed by atoms with E-state index in [2.05, 4.69) is 0 Å². The van der Waals surface area contributed by atoms with Gasteiger partial charge in [0, 0.05) is 25.8 Å². The second-order valence-electron chi connectivity index (χ2n) is 5.34. The maximum Gasteiger partial charge on any atom is 0.339 e. The number of hydrogen-bond acceptors (Lipinski definition) is 4. The van der Waals surface area contributed by atoms with Gasteiger partial charge in [0.15, 0.2) is 0 Å². The quantitative estimate of drug-likeness (QED) is 0.795. The van der Waals surface area contributed by atoms with Crippen LogP contribution in [0.1, 0.15) is 0 Å². The molecule has 2 aromatic rings. The van der Waals surface area contributed by atoms with Crippen LogP contribution in [0, 0.1) is 5.82 Å². The number of carbonyl (C=O) groups excluding carboxylic acids is 1. The van der Waals surface area contributed by atoms with Gasteiger partial charge in [0.2, 0.25) is 0 Å². The molecular formula is C16H15FN2O4S. The Labute approximate surface area is 139 Å². The van der Waals surface area contributed by atoms with Gasteiger partial charge < -0.3 is 9.08 Å². The minimum Gasteiger partial charge on any atom is -0.379 e. The van der Waals surface area contributed by atoms with E-state index in [9.17, 15) is 17.6 Å². The van der Waals surface area contributed by atoms with Gasteiger partial charge in [-0.3, -0.25) is 4.90 Å². The molecule has 0 atom stereocenters. The molecule has 0 saturated carbocycles. The molecule has 3 rings (SSSR count). The minimum absolute atomic E-state index is 0.0248. The second-order valence-corrected chi connectivity index (χ2v) is 6.89. The fourth-order valence-corrected chi connectivity index (χ4v) is 3.27. The Morgan fingerprint density at radius 3 is 2.17 bits per heavy atom. The van der Waals surface area contributed by atoms with Crippen molar-refractivity contribution in [1.29, 1.82) is 0 Å². The lowest BCUT2D eigenvalue weighted by Gasteiger charge is -2.16. The Kier molecular flexibility index (Phi) is 4.15. The highest BCUT2D eigenvalue weighted by Gasteiger charge is 2.27. The SMILES string of the molecule is CN1CCN(c2ccc(S(=O)(=O)Oc3ccc(F)cc3)cc2)C1=O. The Balaban J connectivity index is 1.79. The summed E-state index contributed by atoms with van der Waals surface area (Å²) in [5, 5.41) is 0. The average Bonchev–Trinajstić information content (AvgIpc) is 2.89. The zero-order chi connectivity index (χ0) is 17.3. The van der Waals surface area contributed by atoms with Crippen LogP contribution in [0.4, 0.5) is 14.9 Å². The van der Waals surface area contributed by atoms with Crippen molar-refractivity contribution in [2.45, 2.75) is 4.90 Å². The Morgan fingerprint density at radius 2 is 1.62 bits per heavy atom. The van der Waals surface area contributed by atoms with Crippen LogP contribution >= 0.6 is 0 Å². The number of halogens is 1. The fourth-order valence-electron chi connectivity index (χ4n) is 2.34. The number of amides is 2. The van der Waals surface area contributed by atoms with Crippen LogP contribution in [0.3, 0.4) is 0 Å². The molecule has 1 saturated heterocycles. The maximum atomic E-state index is 12.9. The van der Waals surface area contributed by atoms with Crippen molar-refractivity contribution in [3.63, 3.8) is 0 Å². The zero-order valence-electron chi connectivity index (χ0n) is 12.8. The van der Waals surface area contributed by atoms with E-state index in [0.29, 0.717) is 18.8 Å². The molecule has 2 amide bonds. The molecule has 1 aliphatic rings. The lowest BCUT2D eigenvalue weighted by atomic mass is 10.3. The normalized spacial score (nSPS) is 15.0. The zero-order valence-corrected chi connectivity index (χ0v) is 13.7. The number of rotatable bonds is 4. The van der Waals surface area contributed by atoms with Gasteiger partial charge in [-0.05, 0) is 48.5 Å². The van der Waals surface area contributed by atoms with Crippen molar-refractivity contribution < 1.29 is 21.8 Å². The number of urea groups is 1. The number of carbonyl (C=O) groups is 1. The summed E-state index contributed by atoms with van der Waals surface area (Å²) in [6.45, 7) is 1.17. The molecular weight excluding hydrogens is 335 g/mol. The summed E-state index contributed by atoms with van der Waals surface area (Å²) >= 11 is 0. The molecule has 1 aliphatic heterocycles. The first kappa shape index (κ1) is 16.3. The summed E-state index contributed by atoms with van der Waals surface area (Å²) in [4.78, 5) is 15.0. The molecule has 1 fully saturated rings. The maximum absolute atomic E-state index is 12.9. The van der Waals surface area contributed by atoms with E-state index in [1.54, 1.807) is 29.0 Å². The third-order valence-corrected chi connectivity index (χ3v) is 4.93. The molecule has 0 bridgehead atoms. The van der Waals surface area contributed by atoms with E-state index in [1.165, 1.54) is 24.3 Å². The van der Waals surface area contributed by atoms with Crippen LogP contribution < -0.4 is 9.08 Å². The summed E-state index contributed by atoms with van der Waals surface area (Å²) < 4.78 is 42.3. The highest BCUT2D eigenvalue weighted by molar-refractivity contribution is 7.87. The van der Waals surface area contributed by atoms with Gasteiger partial charge in [-0.15, -0.1) is 0 Å². The summed E-state index contributed by atoms with van der Waals surface area (Å²) in [7, 11) is -2.32. The Bertz CT molecular complexity index is 851. The van der Waals surface area contributed by atoms with Gasteiger partial charge >= 0.3 is 16.1 Å². The second kappa shape index (κ2) is 6.12. The molecule has 0 aromatic heterocycles. The Hall–Kier alpha value is -2.61. The molecule has 0 N–H and O–H groups in total. The van der Waals surface area contributed by atoms with E-state index in [-0.39, 0.29) is 16.7 Å². The predicted molar refractivity (Wildman–Crippen MR) is 86.0 cm³/mol. The standard InChI is InChI=1S/C16H15FN2O4S/c1-18-10-11-19(16(18)20)13-4-8-15(9-5-13)24(21,22)23-14-6-2-12(17)3-7-14/h2-9H,10-11H2,1H3. The van der Waals surface area contributed by atoms with Crippen molar-refractivity contribution in [1.82, 2.24) is 4.90 Å². The lowest BCUT2D eigenvalue weighted by molar-refractivity contribution is 0.229. The molecule has 1 heterocycles. The molecule has 8 heteroatoms. The van der Waals surface area contributed by atoms with Crippen molar-refractivity contribution in [3.8, 4) is 5.75 Å². The molecule has 0 spiro atoms. The van der Waals surface area contributed by atoms with Crippen molar-refractivity contribution >= 4 is 21.8 Å². The van der Waals surface area contributed by atoms with E-state index in [0.717, 1.165) is 12.1 Å². The predicted octanol–water partition coefficient (Wildman–Crippen LogP) is 2.47. The largest absolute Gasteiger partial charge is 0.379 e. The topological polar surface area (TPSA) is 66.9 Å². The van der Waals surface area contributed by atoms with Gasteiger partial charge in [0.25, 0.3) is 0 Å². The minimum atomic E-state index is -4.03. The van der Waals surface area contributed by atoms with Crippen LogP contribution in [0.15, 0.2) is 53.4 Å². The van der Waals surface area contributed by atoms with Gasteiger partial charge in [0.05, 0.1) is 0 Å². The number of hydrogen-bond donors (Lipinski definition) is 0. The summed E-state index contributed by atoms with van der Waals surface area (Å²) in [6.07, 6.45) is 0. The molecule has 2 aromatic carbocycles. The first-order chi connectivity index (χ1) is 11.4. The van der Waals surface area contributed by atoms with Gasteiger partial charge in [-0.1, -0.05) is 0 Å². The Morgan fingerprint density at radius 1 is 1.00 bits per heavy atom. The van der Waals surface area contributed by atoms with Crippen molar-refractivity contribution in [2.24, 2.45) is 0 Å². The van der Waals surface area contributed by atoms with E-state index < -0.39 is 15.9 Å². The number of anilines is 1. The number of likely N-dealkylation sites (N-methyl/N-ethyl adjacent to an activating group) is 1. The van der Waals surface area contributed by atoms with Crippen LogP contribution in [-0.4, -0.2) is 39.5 Å². The highest BCUT2D eigenvalue weighted by atomic mass is 32.2. The first-order valence-corrected chi connectivity index (χ1v) is 8.60. The van der Waals surface area contributed by atoms with Gasteiger partial charge in [-0.25, -0.2) is 9.18 Å². The van der Waals surface area contributed by atoms with Crippen molar-refractivity contribution in [2.75, 3.05) is 25.0 Å². The van der Waals surface area contributed by atoms with E-state index >= 15 is 0 Å². The third kappa shape index (κ3) is 3.18. The first-order valence-electron chi connectivity index (χ1n) is 7.19.